The highest BCUT2D eigenvalue weighted by Crippen LogP contribution is 2.11. The average molecular weight is 293 g/mol. The number of amides is 2. The Morgan fingerprint density at radius 1 is 1.24 bits per heavy atom. The molecule has 2 rings (SSSR count). The Labute approximate surface area is 123 Å². The van der Waals surface area contributed by atoms with Crippen molar-refractivity contribution in [3.8, 4) is 0 Å². The predicted octanol–water partition coefficient (Wildman–Crippen LogP) is 1.03. The number of carbonyl (C=O) groups is 2. The van der Waals surface area contributed by atoms with Crippen LogP contribution in [0.25, 0.3) is 0 Å². The SMILES string of the molecule is NC(=O)c1ccc(CNCC(=O)N2CCCCC2)c(F)c1. The summed E-state index contributed by atoms with van der Waals surface area (Å²) in [5.74, 6) is -1.11. The van der Waals surface area contributed by atoms with E-state index in [4.69, 9.17) is 5.73 Å². The topological polar surface area (TPSA) is 75.4 Å². The number of nitrogens with one attached hydrogen (secondary N) is 1. The molecule has 0 aliphatic carbocycles. The molecular weight excluding hydrogens is 273 g/mol. The summed E-state index contributed by atoms with van der Waals surface area (Å²) < 4.78 is 13.7. The molecule has 114 valence electrons. The first kappa shape index (κ1) is 15.4. The Hall–Kier alpha value is -1.95. The third-order valence-corrected chi connectivity index (χ3v) is 3.64. The number of halogens is 1. The van der Waals surface area contributed by atoms with E-state index in [1.165, 1.54) is 18.6 Å². The van der Waals surface area contributed by atoms with Crippen LogP contribution in [-0.4, -0.2) is 36.3 Å². The number of carbonyl (C=O) groups excluding carboxylic acids is 2. The number of nitrogens with two attached hydrogens (primary N) is 1. The van der Waals surface area contributed by atoms with Crippen molar-refractivity contribution in [1.29, 1.82) is 0 Å². The van der Waals surface area contributed by atoms with E-state index in [1.807, 2.05) is 4.90 Å². The van der Waals surface area contributed by atoms with E-state index in [1.54, 1.807) is 0 Å². The monoisotopic (exact) mass is 293 g/mol. The number of benzene rings is 1. The number of piperidine rings is 1. The van der Waals surface area contributed by atoms with E-state index < -0.39 is 11.7 Å². The first-order chi connectivity index (χ1) is 10.1. The molecule has 1 aromatic rings. The van der Waals surface area contributed by atoms with Crippen LogP contribution in [0.2, 0.25) is 0 Å². The molecule has 1 aliphatic heterocycles. The second-order valence-electron chi connectivity index (χ2n) is 5.22. The van der Waals surface area contributed by atoms with Crippen molar-refractivity contribution in [3.05, 3.63) is 35.1 Å². The number of nitrogens with zero attached hydrogens (tertiary/aromatic N) is 1. The van der Waals surface area contributed by atoms with Gasteiger partial charge in [-0.05, 0) is 31.4 Å². The lowest BCUT2D eigenvalue weighted by molar-refractivity contribution is -0.131. The molecule has 0 aromatic heterocycles. The van der Waals surface area contributed by atoms with Gasteiger partial charge in [-0.25, -0.2) is 4.39 Å². The summed E-state index contributed by atoms with van der Waals surface area (Å²) in [6.45, 7) is 2.05. The van der Waals surface area contributed by atoms with Gasteiger partial charge < -0.3 is 16.0 Å². The van der Waals surface area contributed by atoms with E-state index in [0.717, 1.165) is 32.0 Å². The van der Waals surface area contributed by atoms with Crippen LogP contribution in [0.5, 0.6) is 0 Å². The zero-order chi connectivity index (χ0) is 15.2. The minimum absolute atomic E-state index is 0.0452. The first-order valence-electron chi connectivity index (χ1n) is 7.14. The standard InChI is InChI=1S/C15H20FN3O2/c16-13-8-11(15(17)21)4-5-12(13)9-18-10-14(20)19-6-2-1-3-7-19/h4-5,8,18H,1-3,6-7,9-10H2,(H2,17,21). The number of likely N-dealkylation sites (tertiary alicyclic amines) is 1. The molecule has 0 radical (unpaired) electrons. The highest BCUT2D eigenvalue weighted by Gasteiger charge is 2.16. The van der Waals surface area contributed by atoms with Crippen LogP contribution in [0.1, 0.15) is 35.2 Å². The second kappa shape index (κ2) is 7.17. The quantitative estimate of drug-likeness (QED) is 0.851. The van der Waals surface area contributed by atoms with Gasteiger partial charge in [-0.2, -0.15) is 0 Å². The van der Waals surface area contributed by atoms with Crippen molar-refractivity contribution >= 4 is 11.8 Å². The lowest BCUT2D eigenvalue weighted by Crippen LogP contribution is -2.41. The van der Waals surface area contributed by atoms with Gasteiger partial charge >= 0.3 is 0 Å². The summed E-state index contributed by atoms with van der Waals surface area (Å²) in [4.78, 5) is 24.7. The molecule has 0 spiro atoms. The number of hydrogen-bond donors (Lipinski definition) is 2. The first-order valence-corrected chi connectivity index (χ1v) is 7.14. The van der Waals surface area contributed by atoms with E-state index in [9.17, 15) is 14.0 Å². The van der Waals surface area contributed by atoms with E-state index in [0.29, 0.717) is 5.56 Å². The van der Waals surface area contributed by atoms with Crippen LogP contribution in [0.15, 0.2) is 18.2 Å². The van der Waals surface area contributed by atoms with Crippen molar-refractivity contribution < 1.29 is 14.0 Å². The molecule has 1 fully saturated rings. The fraction of sp³-hybridized carbons (Fsp3) is 0.467. The van der Waals surface area contributed by atoms with Gasteiger partial charge in [0.15, 0.2) is 0 Å². The Bertz CT molecular complexity index is 528. The van der Waals surface area contributed by atoms with Crippen LogP contribution in [0, 0.1) is 5.82 Å². The molecule has 1 aromatic carbocycles. The Morgan fingerprint density at radius 3 is 2.57 bits per heavy atom. The van der Waals surface area contributed by atoms with Gasteiger partial charge in [0.25, 0.3) is 0 Å². The van der Waals surface area contributed by atoms with Gasteiger partial charge in [0, 0.05) is 30.8 Å². The molecule has 3 N–H and O–H groups in total. The van der Waals surface area contributed by atoms with Crippen molar-refractivity contribution in [1.82, 2.24) is 10.2 Å². The molecule has 1 aliphatic rings. The van der Waals surface area contributed by atoms with Gasteiger partial charge in [-0.3, -0.25) is 9.59 Å². The molecule has 6 heteroatoms. The van der Waals surface area contributed by atoms with Crippen molar-refractivity contribution in [2.75, 3.05) is 19.6 Å². The van der Waals surface area contributed by atoms with E-state index >= 15 is 0 Å². The van der Waals surface area contributed by atoms with Gasteiger partial charge in [0.1, 0.15) is 5.82 Å². The van der Waals surface area contributed by atoms with Crippen molar-refractivity contribution in [3.63, 3.8) is 0 Å². The Kier molecular flexibility index (Phi) is 5.27. The van der Waals surface area contributed by atoms with Gasteiger partial charge in [0.05, 0.1) is 6.54 Å². The van der Waals surface area contributed by atoms with Gasteiger partial charge in [-0.15, -0.1) is 0 Å². The summed E-state index contributed by atoms with van der Waals surface area (Å²) in [6, 6.07) is 4.11. The fourth-order valence-electron chi connectivity index (χ4n) is 2.40. The Balaban J connectivity index is 1.83. The molecule has 5 nitrogen and oxygen atoms in total. The lowest BCUT2D eigenvalue weighted by atomic mass is 10.1. The molecule has 1 heterocycles. The third-order valence-electron chi connectivity index (χ3n) is 3.64. The molecule has 0 unspecified atom stereocenters. The van der Waals surface area contributed by atoms with E-state index in [-0.39, 0.29) is 24.6 Å². The Morgan fingerprint density at radius 2 is 1.95 bits per heavy atom. The van der Waals surface area contributed by atoms with Crippen molar-refractivity contribution in [2.45, 2.75) is 25.8 Å². The summed E-state index contributed by atoms with van der Waals surface area (Å²) in [5.41, 5.74) is 5.63. The maximum absolute atomic E-state index is 13.7. The molecule has 1 saturated heterocycles. The van der Waals surface area contributed by atoms with Crippen LogP contribution < -0.4 is 11.1 Å². The van der Waals surface area contributed by atoms with E-state index in [2.05, 4.69) is 5.32 Å². The zero-order valence-corrected chi connectivity index (χ0v) is 11.9. The largest absolute Gasteiger partial charge is 0.366 e. The summed E-state index contributed by atoms with van der Waals surface area (Å²) >= 11 is 0. The smallest absolute Gasteiger partial charge is 0.248 e. The molecule has 0 saturated carbocycles. The summed E-state index contributed by atoms with van der Waals surface area (Å²) in [6.07, 6.45) is 3.28. The van der Waals surface area contributed by atoms with Crippen LogP contribution >= 0.6 is 0 Å². The van der Waals surface area contributed by atoms with Gasteiger partial charge in [0.2, 0.25) is 11.8 Å². The maximum atomic E-state index is 13.7. The van der Waals surface area contributed by atoms with Crippen LogP contribution in [0.4, 0.5) is 4.39 Å². The second-order valence-corrected chi connectivity index (χ2v) is 5.22. The lowest BCUT2D eigenvalue weighted by Gasteiger charge is -2.26. The highest BCUT2D eigenvalue weighted by molar-refractivity contribution is 5.92. The number of rotatable bonds is 5. The summed E-state index contributed by atoms with van der Waals surface area (Å²) in [7, 11) is 0. The third kappa shape index (κ3) is 4.26. The average Bonchev–Trinajstić information content (AvgIpc) is 2.49. The predicted molar refractivity (Wildman–Crippen MR) is 77.1 cm³/mol. The van der Waals surface area contributed by atoms with Crippen LogP contribution in [-0.2, 0) is 11.3 Å². The molecule has 2 amide bonds. The number of hydrogen-bond acceptors (Lipinski definition) is 3. The minimum Gasteiger partial charge on any atom is -0.366 e. The molecule has 0 bridgehead atoms. The molecule has 21 heavy (non-hydrogen) atoms. The zero-order valence-electron chi connectivity index (χ0n) is 11.9. The highest BCUT2D eigenvalue weighted by atomic mass is 19.1. The number of primary amides is 1. The van der Waals surface area contributed by atoms with Gasteiger partial charge in [-0.1, -0.05) is 6.07 Å². The minimum atomic E-state index is -0.659. The fourth-order valence-corrected chi connectivity index (χ4v) is 2.40. The molecular formula is C15H20FN3O2. The van der Waals surface area contributed by atoms with Crippen molar-refractivity contribution in [2.24, 2.45) is 5.73 Å². The summed E-state index contributed by atoms with van der Waals surface area (Å²) in [5, 5.41) is 2.94. The molecule has 0 atom stereocenters. The van der Waals surface area contributed by atoms with Crippen LogP contribution in [0.3, 0.4) is 0 Å². The normalized spacial score (nSPS) is 15.0. The maximum Gasteiger partial charge on any atom is 0.248 e.